The van der Waals surface area contributed by atoms with Crippen LogP contribution >= 0.6 is 11.8 Å². The lowest BCUT2D eigenvalue weighted by atomic mass is 9.98. The zero-order valence-corrected chi connectivity index (χ0v) is 20.5. The molecule has 37 heavy (non-hydrogen) atoms. The van der Waals surface area contributed by atoms with Gasteiger partial charge in [0.15, 0.2) is 16.8 Å². The molecule has 2 aliphatic heterocycles. The van der Waals surface area contributed by atoms with Crippen molar-refractivity contribution in [3.05, 3.63) is 95.6 Å². The molecule has 5 rings (SSSR count). The molecule has 2 heterocycles. The molecular weight excluding hydrogens is 498 g/mol. The minimum absolute atomic E-state index is 0.107. The molecule has 0 bridgehead atoms. The highest BCUT2D eigenvalue weighted by Gasteiger charge is 2.39. The second-order valence-electron chi connectivity index (χ2n) is 8.47. The molecule has 0 radical (unpaired) electrons. The average Bonchev–Trinajstić information content (AvgIpc) is 3.51. The van der Waals surface area contributed by atoms with Crippen molar-refractivity contribution in [2.24, 2.45) is 10.1 Å². The van der Waals surface area contributed by atoms with Gasteiger partial charge in [0.05, 0.1) is 18.9 Å². The Morgan fingerprint density at radius 1 is 1.08 bits per heavy atom. The SMILES string of the molecule is COc1cccc(C2CC(c3ccccc3)=NN2C2=NC(=O)C(CC(=O)Nc3ccc(F)c(F)c3)S2)c1. The molecule has 3 aromatic rings. The predicted octanol–water partition coefficient (Wildman–Crippen LogP) is 5.15. The number of carbonyl (C=O) groups is 2. The number of hydrogen-bond donors (Lipinski definition) is 1. The number of thioether (sulfide) groups is 1. The summed E-state index contributed by atoms with van der Waals surface area (Å²) in [5.74, 6) is -2.33. The molecule has 1 N–H and O–H groups in total. The first kappa shape index (κ1) is 24.6. The van der Waals surface area contributed by atoms with Crippen molar-refractivity contribution in [2.75, 3.05) is 12.4 Å². The van der Waals surface area contributed by atoms with E-state index in [1.165, 1.54) is 6.07 Å². The van der Waals surface area contributed by atoms with E-state index in [2.05, 4.69) is 10.3 Å². The van der Waals surface area contributed by atoms with E-state index >= 15 is 0 Å². The molecule has 0 spiro atoms. The first-order valence-corrected chi connectivity index (χ1v) is 12.4. The van der Waals surface area contributed by atoms with Crippen molar-refractivity contribution in [3.8, 4) is 5.75 Å². The summed E-state index contributed by atoms with van der Waals surface area (Å²) < 4.78 is 32.0. The van der Waals surface area contributed by atoms with Crippen molar-refractivity contribution < 1.29 is 23.1 Å². The number of ether oxygens (including phenoxy) is 1. The number of hydrazone groups is 1. The van der Waals surface area contributed by atoms with Gasteiger partial charge in [-0.25, -0.2) is 13.8 Å². The summed E-state index contributed by atoms with van der Waals surface area (Å²) >= 11 is 1.16. The Morgan fingerprint density at radius 3 is 2.65 bits per heavy atom. The van der Waals surface area contributed by atoms with Crippen molar-refractivity contribution in [1.29, 1.82) is 0 Å². The molecule has 10 heteroatoms. The number of amidine groups is 1. The highest BCUT2D eigenvalue weighted by molar-refractivity contribution is 8.15. The van der Waals surface area contributed by atoms with Gasteiger partial charge in [-0.1, -0.05) is 54.2 Å². The number of nitrogens with one attached hydrogen (secondary N) is 1. The van der Waals surface area contributed by atoms with E-state index in [0.29, 0.717) is 17.3 Å². The maximum absolute atomic E-state index is 13.5. The topological polar surface area (TPSA) is 83.4 Å². The lowest BCUT2D eigenvalue weighted by Gasteiger charge is -2.23. The van der Waals surface area contributed by atoms with E-state index < -0.39 is 28.7 Å². The van der Waals surface area contributed by atoms with E-state index in [0.717, 1.165) is 40.7 Å². The van der Waals surface area contributed by atoms with Gasteiger partial charge in [-0.05, 0) is 35.4 Å². The van der Waals surface area contributed by atoms with Crippen LogP contribution in [0.2, 0.25) is 0 Å². The quantitative estimate of drug-likeness (QED) is 0.486. The second kappa shape index (κ2) is 10.5. The third-order valence-corrected chi connectivity index (χ3v) is 7.14. The highest BCUT2D eigenvalue weighted by atomic mass is 32.2. The molecule has 188 valence electrons. The van der Waals surface area contributed by atoms with Crippen LogP contribution in [0.1, 0.15) is 30.0 Å². The van der Waals surface area contributed by atoms with Gasteiger partial charge in [-0.2, -0.15) is 10.1 Å². The van der Waals surface area contributed by atoms with Crippen LogP contribution in [0.3, 0.4) is 0 Å². The standard InChI is InChI=1S/C27H22F2N4O3S/c1-36-19-9-5-8-17(12-19)23-14-22(16-6-3-2-4-7-16)32-33(23)27-31-26(35)24(37-27)15-25(34)30-18-10-11-20(28)21(29)13-18/h2-13,23-24H,14-15H2,1H3,(H,30,34). The van der Waals surface area contributed by atoms with Crippen LogP contribution in [0, 0.1) is 11.6 Å². The van der Waals surface area contributed by atoms with Crippen molar-refractivity contribution in [1.82, 2.24) is 5.01 Å². The Kier molecular flexibility index (Phi) is 7.00. The minimum Gasteiger partial charge on any atom is -0.497 e. The third-order valence-electron chi connectivity index (χ3n) is 6.00. The Balaban J connectivity index is 1.35. The molecule has 2 amide bonds. The Labute approximate surface area is 216 Å². The summed E-state index contributed by atoms with van der Waals surface area (Å²) in [4.78, 5) is 29.5. The monoisotopic (exact) mass is 520 g/mol. The molecule has 2 atom stereocenters. The van der Waals surface area contributed by atoms with Crippen molar-refractivity contribution in [3.63, 3.8) is 0 Å². The van der Waals surface area contributed by atoms with Crippen LogP contribution < -0.4 is 10.1 Å². The van der Waals surface area contributed by atoms with Gasteiger partial charge in [0.25, 0.3) is 5.91 Å². The molecule has 3 aromatic carbocycles. The summed E-state index contributed by atoms with van der Waals surface area (Å²) in [6, 6.07) is 20.3. The van der Waals surface area contributed by atoms with Crippen LogP contribution in [0.15, 0.2) is 82.9 Å². The summed E-state index contributed by atoms with van der Waals surface area (Å²) in [5.41, 5.74) is 2.87. The number of nitrogens with zero attached hydrogens (tertiary/aromatic N) is 3. The molecular formula is C27H22F2N4O3S. The van der Waals surface area contributed by atoms with Crippen LogP contribution in [0.4, 0.5) is 14.5 Å². The zero-order chi connectivity index (χ0) is 25.9. The fraction of sp³-hybridized carbons (Fsp3) is 0.185. The number of amides is 2. The maximum atomic E-state index is 13.5. The van der Waals surface area contributed by atoms with Gasteiger partial charge in [0.2, 0.25) is 5.91 Å². The normalized spacial score (nSPS) is 19.0. The van der Waals surface area contributed by atoms with Gasteiger partial charge in [-0.3, -0.25) is 9.59 Å². The molecule has 0 saturated heterocycles. The van der Waals surface area contributed by atoms with Crippen LogP contribution in [0.5, 0.6) is 5.75 Å². The number of hydrogen-bond acceptors (Lipinski definition) is 6. The van der Waals surface area contributed by atoms with Crippen LogP contribution in [-0.4, -0.2) is 40.1 Å². The van der Waals surface area contributed by atoms with Gasteiger partial charge in [0.1, 0.15) is 11.0 Å². The lowest BCUT2D eigenvalue weighted by molar-refractivity contribution is -0.121. The summed E-state index contributed by atoms with van der Waals surface area (Å²) in [7, 11) is 1.60. The average molecular weight is 521 g/mol. The molecule has 0 aromatic heterocycles. The van der Waals surface area contributed by atoms with Gasteiger partial charge in [-0.15, -0.1) is 0 Å². The number of halogens is 2. The first-order valence-electron chi connectivity index (χ1n) is 11.5. The smallest absolute Gasteiger partial charge is 0.262 e. The molecule has 2 aliphatic rings. The summed E-state index contributed by atoms with van der Waals surface area (Å²) in [5, 5.41) is 8.68. The zero-order valence-electron chi connectivity index (χ0n) is 19.7. The van der Waals surface area contributed by atoms with Gasteiger partial charge in [0, 0.05) is 24.6 Å². The van der Waals surface area contributed by atoms with Crippen molar-refractivity contribution >= 4 is 40.1 Å². The van der Waals surface area contributed by atoms with E-state index in [4.69, 9.17) is 9.84 Å². The van der Waals surface area contributed by atoms with Gasteiger partial charge >= 0.3 is 0 Å². The van der Waals surface area contributed by atoms with E-state index in [-0.39, 0.29) is 18.2 Å². The number of rotatable bonds is 6. The summed E-state index contributed by atoms with van der Waals surface area (Å²) in [6.45, 7) is 0. The second-order valence-corrected chi connectivity index (χ2v) is 9.64. The van der Waals surface area contributed by atoms with Crippen LogP contribution in [0.25, 0.3) is 0 Å². The Bertz CT molecular complexity index is 1410. The Hall–Kier alpha value is -4.05. The number of aliphatic imine (C=N–C) groups is 1. The lowest BCUT2D eigenvalue weighted by Crippen LogP contribution is -2.25. The Morgan fingerprint density at radius 2 is 1.89 bits per heavy atom. The predicted molar refractivity (Wildman–Crippen MR) is 139 cm³/mol. The van der Waals surface area contributed by atoms with Gasteiger partial charge < -0.3 is 10.1 Å². The third kappa shape index (κ3) is 5.39. The fourth-order valence-corrected chi connectivity index (χ4v) is 5.22. The minimum atomic E-state index is -1.07. The van der Waals surface area contributed by atoms with E-state index in [1.54, 1.807) is 12.1 Å². The first-order chi connectivity index (χ1) is 17.9. The number of benzene rings is 3. The highest BCUT2D eigenvalue weighted by Crippen LogP contribution is 2.39. The van der Waals surface area contributed by atoms with E-state index in [1.807, 2.05) is 54.6 Å². The molecule has 2 unspecified atom stereocenters. The largest absolute Gasteiger partial charge is 0.497 e. The van der Waals surface area contributed by atoms with E-state index in [9.17, 15) is 18.4 Å². The maximum Gasteiger partial charge on any atom is 0.262 e. The van der Waals surface area contributed by atoms with Crippen molar-refractivity contribution in [2.45, 2.75) is 24.1 Å². The number of anilines is 1. The summed E-state index contributed by atoms with van der Waals surface area (Å²) in [6.07, 6.45) is 0.411. The molecule has 0 aliphatic carbocycles. The number of methoxy groups -OCH3 is 1. The van der Waals surface area contributed by atoms with Crippen LogP contribution in [-0.2, 0) is 9.59 Å². The molecule has 7 nitrogen and oxygen atoms in total. The fourth-order valence-electron chi connectivity index (χ4n) is 4.16. The number of carbonyl (C=O) groups excluding carboxylic acids is 2. The molecule has 0 fully saturated rings. The molecule has 0 saturated carbocycles.